The summed E-state index contributed by atoms with van der Waals surface area (Å²) < 4.78 is 4.65. The zero-order chi connectivity index (χ0) is 11.6. The molecule has 0 atom stereocenters. The molecule has 0 aliphatic carbocycles. The number of rotatable bonds is 4. The molecule has 0 rings (SSSR count). The van der Waals surface area contributed by atoms with E-state index in [1.165, 1.54) is 5.57 Å². The molecule has 0 bridgehead atoms. The molecule has 0 unspecified atom stereocenters. The zero-order valence-corrected chi connectivity index (χ0v) is 9.30. The molecule has 14 heavy (non-hydrogen) atoms. The van der Waals surface area contributed by atoms with Crippen LogP contribution in [0.25, 0.3) is 0 Å². The topological polar surface area (TPSA) is 46.5 Å². The molecule has 0 heterocycles. The van der Waals surface area contributed by atoms with E-state index in [1.807, 2.05) is 13.8 Å². The van der Waals surface area contributed by atoms with Crippen LogP contribution in [-0.4, -0.2) is 24.3 Å². The average Bonchev–Trinajstić information content (AvgIpc) is 2.03. The SMILES string of the molecule is C=C(C)C.C=C(C)C(=O)OCCCO. The first-order valence-corrected chi connectivity index (χ1v) is 4.47. The largest absolute Gasteiger partial charge is 0.462 e. The molecule has 3 nitrogen and oxygen atoms in total. The van der Waals surface area contributed by atoms with Crippen LogP contribution in [0.5, 0.6) is 0 Å². The summed E-state index contributed by atoms with van der Waals surface area (Å²) in [6, 6.07) is 0. The lowest BCUT2D eigenvalue weighted by Crippen LogP contribution is -2.06. The van der Waals surface area contributed by atoms with Crippen molar-refractivity contribution in [1.82, 2.24) is 0 Å². The first-order valence-electron chi connectivity index (χ1n) is 4.47. The highest BCUT2D eigenvalue weighted by Gasteiger charge is 2.00. The van der Waals surface area contributed by atoms with Crippen molar-refractivity contribution in [2.45, 2.75) is 27.2 Å². The fourth-order valence-corrected chi connectivity index (χ4v) is 0.353. The van der Waals surface area contributed by atoms with Crippen molar-refractivity contribution in [2.24, 2.45) is 0 Å². The van der Waals surface area contributed by atoms with Crippen molar-refractivity contribution in [3.63, 3.8) is 0 Å². The summed E-state index contributed by atoms with van der Waals surface area (Å²) in [7, 11) is 0. The molecule has 1 N–H and O–H groups in total. The summed E-state index contributed by atoms with van der Waals surface area (Å²) >= 11 is 0. The Hall–Kier alpha value is -1.09. The summed E-state index contributed by atoms with van der Waals surface area (Å²) in [6.45, 7) is 12.8. The lowest BCUT2D eigenvalue weighted by atomic mass is 10.4. The van der Waals surface area contributed by atoms with E-state index in [0.717, 1.165) is 0 Å². The quantitative estimate of drug-likeness (QED) is 0.327. The lowest BCUT2D eigenvalue weighted by Gasteiger charge is -2.00. The number of aliphatic hydroxyl groups is 1. The van der Waals surface area contributed by atoms with Crippen LogP contribution < -0.4 is 0 Å². The summed E-state index contributed by atoms with van der Waals surface area (Å²) in [5.41, 5.74) is 1.55. The lowest BCUT2D eigenvalue weighted by molar-refractivity contribution is -0.139. The van der Waals surface area contributed by atoms with Crippen LogP contribution in [0, 0.1) is 0 Å². The second kappa shape index (κ2) is 9.99. The van der Waals surface area contributed by atoms with E-state index >= 15 is 0 Å². The molecule has 0 saturated carbocycles. The fraction of sp³-hybridized carbons (Fsp3) is 0.545. The molecule has 0 aromatic carbocycles. The number of hydrogen-bond acceptors (Lipinski definition) is 3. The number of hydrogen-bond donors (Lipinski definition) is 1. The number of allylic oxidation sites excluding steroid dienone is 1. The summed E-state index contributed by atoms with van der Waals surface area (Å²) in [5.74, 6) is -0.395. The standard InChI is InChI=1S/C7H12O3.C4H8/c1-6(2)7(9)10-5-3-4-8;1-4(2)3/h8H,1,3-5H2,2H3;1H2,2-3H3. The first kappa shape index (κ1) is 15.4. The third-order valence-corrected chi connectivity index (χ3v) is 0.884. The van der Waals surface area contributed by atoms with Gasteiger partial charge in [0, 0.05) is 18.6 Å². The van der Waals surface area contributed by atoms with Crippen LogP contribution in [0.3, 0.4) is 0 Å². The number of aliphatic hydroxyl groups excluding tert-OH is 1. The molecular formula is C11H20O3. The molecule has 0 aromatic heterocycles. The van der Waals surface area contributed by atoms with Gasteiger partial charge < -0.3 is 9.84 Å². The van der Waals surface area contributed by atoms with Gasteiger partial charge >= 0.3 is 5.97 Å². The normalized spacial score (nSPS) is 8.29. The predicted molar refractivity (Wildman–Crippen MR) is 58.0 cm³/mol. The van der Waals surface area contributed by atoms with E-state index in [9.17, 15) is 4.79 Å². The van der Waals surface area contributed by atoms with E-state index in [4.69, 9.17) is 5.11 Å². The molecule has 0 saturated heterocycles. The molecule has 0 fully saturated rings. The number of ether oxygens (including phenoxy) is 1. The van der Waals surface area contributed by atoms with Crippen LogP contribution in [0.15, 0.2) is 24.3 Å². The molecule has 3 heteroatoms. The van der Waals surface area contributed by atoms with Crippen LogP contribution in [0.2, 0.25) is 0 Å². The van der Waals surface area contributed by atoms with Gasteiger partial charge in [-0.25, -0.2) is 4.79 Å². The van der Waals surface area contributed by atoms with Crippen molar-refractivity contribution in [2.75, 3.05) is 13.2 Å². The van der Waals surface area contributed by atoms with Crippen LogP contribution >= 0.6 is 0 Å². The van der Waals surface area contributed by atoms with Crippen LogP contribution in [-0.2, 0) is 9.53 Å². The Morgan fingerprint density at radius 2 is 1.71 bits per heavy atom. The van der Waals surface area contributed by atoms with Crippen LogP contribution in [0.1, 0.15) is 27.2 Å². The van der Waals surface area contributed by atoms with Crippen molar-refractivity contribution < 1.29 is 14.6 Å². The Morgan fingerprint density at radius 1 is 1.29 bits per heavy atom. The number of esters is 1. The Morgan fingerprint density at radius 3 is 2.00 bits per heavy atom. The Kier molecular flexibility index (Phi) is 11.0. The predicted octanol–water partition coefficient (Wildman–Crippen LogP) is 2.07. The Bertz CT molecular complexity index is 191. The van der Waals surface area contributed by atoms with Gasteiger partial charge in [-0.05, 0) is 20.8 Å². The highest BCUT2D eigenvalue weighted by molar-refractivity contribution is 5.86. The van der Waals surface area contributed by atoms with E-state index in [1.54, 1.807) is 6.92 Å². The van der Waals surface area contributed by atoms with Gasteiger partial charge in [-0.3, -0.25) is 0 Å². The molecule has 0 spiro atoms. The van der Waals surface area contributed by atoms with Gasteiger partial charge in [0.2, 0.25) is 0 Å². The number of carbonyl (C=O) groups excluding carboxylic acids is 1. The average molecular weight is 200 g/mol. The molecule has 82 valence electrons. The maximum absolute atomic E-state index is 10.6. The van der Waals surface area contributed by atoms with E-state index in [0.29, 0.717) is 12.0 Å². The van der Waals surface area contributed by atoms with Crippen molar-refractivity contribution in [3.05, 3.63) is 24.3 Å². The van der Waals surface area contributed by atoms with E-state index < -0.39 is 5.97 Å². The Labute approximate surface area is 86.1 Å². The second-order valence-electron chi connectivity index (χ2n) is 3.20. The molecule has 0 amide bonds. The first-order chi connectivity index (χ1) is 6.41. The molecular weight excluding hydrogens is 180 g/mol. The minimum Gasteiger partial charge on any atom is -0.462 e. The fourth-order valence-electron chi connectivity index (χ4n) is 0.353. The zero-order valence-electron chi connectivity index (χ0n) is 9.30. The van der Waals surface area contributed by atoms with Crippen molar-refractivity contribution >= 4 is 5.97 Å². The van der Waals surface area contributed by atoms with Gasteiger partial charge in [-0.15, -0.1) is 6.58 Å². The van der Waals surface area contributed by atoms with E-state index in [-0.39, 0.29) is 13.2 Å². The van der Waals surface area contributed by atoms with Crippen LogP contribution in [0.4, 0.5) is 0 Å². The number of carbonyl (C=O) groups is 1. The van der Waals surface area contributed by atoms with E-state index in [2.05, 4.69) is 17.9 Å². The molecule has 0 aliphatic rings. The highest BCUT2D eigenvalue weighted by Crippen LogP contribution is 1.92. The molecule has 0 radical (unpaired) electrons. The highest BCUT2D eigenvalue weighted by atomic mass is 16.5. The van der Waals surface area contributed by atoms with Crippen molar-refractivity contribution in [3.8, 4) is 0 Å². The minimum atomic E-state index is -0.395. The maximum atomic E-state index is 10.6. The summed E-state index contributed by atoms with van der Waals surface area (Å²) in [5, 5.41) is 8.30. The second-order valence-corrected chi connectivity index (χ2v) is 3.20. The molecule has 0 aromatic rings. The maximum Gasteiger partial charge on any atom is 0.333 e. The third kappa shape index (κ3) is 17.1. The van der Waals surface area contributed by atoms with Gasteiger partial charge in [-0.2, -0.15) is 0 Å². The summed E-state index contributed by atoms with van der Waals surface area (Å²) in [6.07, 6.45) is 0.485. The van der Waals surface area contributed by atoms with Gasteiger partial charge in [-0.1, -0.05) is 12.2 Å². The molecule has 0 aliphatic heterocycles. The van der Waals surface area contributed by atoms with Gasteiger partial charge in [0.25, 0.3) is 0 Å². The monoisotopic (exact) mass is 200 g/mol. The Balaban J connectivity index is 0. The van der Waals surface area contributed by atoms with Gasteiger partial charge in [0.15, 0.2) is 0 Å². The smallest absolute Gasteiger partial charge is 0.333 e. The van der Waals surface area contributed by atoms with Gasteiger partial charge in [0.1, 0.15) is 0 Å². The van der Waals surface area contributed by atoms with Crippen molar-refractivity contribution in [1.29, 1.82) is 0 Å². The minimum absolute atomic E-state index is 0.0451. The summed E-state index contributed by atoms with van der Waals surface area (Å²) in [4.78, 5) is 10.6. The van der Waals surface area contributed by atoms with Gasteiger partial charge in [0.05, 0.1) is 6.61 Å². The third-order valence-electron chi connectivity index (χ3n) is 0.884.